The van der Waals surface area contributed by atoms with Gasteiger partial charge in [-0.25, -0.2) is 4.98 Å². The molecule has 8 heteroatoms. The van der Waals surface area contributed by atoms with E-state index < -0.39 is 17.7 Å². The molecule has 1 amide bonds. The number of amides is 1. The van der Waals surface area contributed by atoms with Gasteiger partial charge in [-0.1, -0.05) is 83.6 Å². The molecular formula is C35H30N2O5S. The fourth-order valence-electron chi connectivity index (χ4n) is 5.15. The summed E-state index contributed by atoms with van der Waals surface area (Å²) in [5.41, 5.74) is 4.82. The number of aromatic nitrogens is 1. The molecule has 216 valence electrons. The maximum Gasteiger partial charge on any atom is 0.301 e. The zero-order valence-corrected chi connectivity index (χ0v) is 24.9. The van der Waals surface area contributed by atoms with Crippen LogP contribution in [-0.2, 0) is 16.2 Å². The summed E-state index contributed by atoms with van der Waals surface area (Å²) in [6, 6.07) is 27.2. The van der Waals surface area contributed by atoms with E-state index in [0.717, 1.165) is 26.9 Å². The van der Waals surface area contributed by atoms with Crippen molar-refractivity contribution in [1.29, 1.82) is 0 Å². The Hall–Kier alpha value is -4.95. The fraction of sp³-hybridized carbons (Fsp3) is 0.171. The molecule has 7 nitrogen and oxygen atoms in total. The first-order valence-electron chi connectivity index (χ1n) is 14.0. The van der Waals surface area contributed by atoms with Gasteiger partial charge in [-0.2, -0.15) is 0 Å². The van der Waals surface area contributed by atoms with Gasteiger partial charge in [0.15, 0.2) is 16.6 Å². The van der Waals surface area contributed by atoms with Crippen LogP contribution in [0, 0.1) is 13.8 Å². The molecule has 0 saturated carbocycles. The lowest BCUT2D eigenvalue weighted by Gasteiger charge is -2.24. The first kappa shape index (κ1) is 28.2. The van der Waals surface area contributed by atoms with Crippen LogP contribution in [0.3, 0.4) is 0 Å². The van der Waals surface area contributed by atoms with Gasteiger partial charge in [0.2, 0.25) is 0 Å². The summed E-state index contributed by atoms with van der Waals surface area (Å²) in [5, 5.41) is 11.9. The lowest BCUT2D eigenvalue weighted by molar-refractivity contribution is -0.132. The smallest absolute Gasteiger partial charge is 0.301 e. The highest BCUT2D eigenvalue weighted by atomic mass is 32.1. The molecular weight excluding hydrogens is 560 g/mol. The number of anilines is 1. The SMILES string of the molecule is CCOc1cc(C2/C(=C(\O)c3ccc(C)cc3)C(=O)C(=O)N2c2nc3ccc(C)cc3s2)ccc1OCc1ccccc1. The van der Waals surface area contributed by atoms with Crippen LogP contribution in [0.1, 0.15) is 40.8 Å². The number of benzene rings is 4. The Labute approximate surface area is 253 Å². The lowest BCUT2D eigenvalue weighted by Crippen LogP contribution is -2.29. The third-order valence-corrected chi connectivity index (χ3v) is 8.35. The molecule has 0 bridgehead atoms. The van der Waals surface area contributed by atoms with Crippen LogP contribution in [0.5, 0.6) is 11.5 Å². The number of aliphatic hydroxyl groups is 1. The molecule has 0 radical (unpaired) electrons. The van der Waals surface area contributed by atoms with Gasteiger partial charge in [-0.05, 0) is 61.7 Å². The summed E-state index contributed by atoms with van der Waals surface area (Å²) in [6.45, 7) is 6.53. The van der Waals surface area contributed by atoms with Gasteiger partial charge < -0.3 is 14.6 Å². The largest absolute Gasteiger partial charge is 0.507 e. The molecule has 1 saturated heterocycles. The third-order valence-electron chi connectivity index (χ3n) is 7.33. The number of hydrogen-bond donors (Lipinski definition) is 1. The maximum atomic E-state index is 13.7. The normalized spacial score (nSPS) is 16.2. The fourth-order valence-corrected chi connectivity index (χ4v) is 6.24. The first-order valence-corrected chi connectivity index (χ1v) is 14.8. The number of carbonyl (C=O) groups excluding carboxylic acids is 2. The number of ether oxygens (including phenoxy) is 2. The van der Waals surface area contributed by atoms with Crippen molar-refractivity contribution in [2.24, 2.45) is 0 Å². The Bertz CT molecular complexity index is 1860. The first-order chi connectivity index (χ1) is 20.8. The summed E-state index contributed by atoms with van der Waals surface area (Å²) >= 11 is 1.33. The lowest BCUT2D eigenvalue weighted by atomic mass is 9.95. The number of aliphatic hydroxyl groups excluding tert-OH is 1. The average Bonchev–Trinajstić information content (AvgIpc) is 3.54. The molecule has 43 heavy (non-hydrogen) atoms. The molecule has 1 aromatic heterocycles. The van der Waals surface area contributed by atoms with Crippen LogP contribution >= 0.6 is 11.3 Å². The van der Waals surface area contributed by atoms with Crippen LogP contribution in [-0.4, -0.2) is 28.4 Å². The Morgan fingerprint density at radius 3 is 2.37 bits per heavy atom. The predicted octanol–water partition coefficient (Wildman–Crippen LogP) is 7.52. The monoisotopic (exact) mass is 590 g/mol. The Morgan fingerprint density at radius 2 is 1.63 bits per heavy atom. The van der Waals surface area contributed by atoms with Gasteiger partial charge in [-0.15, -0.1) is 0 Å². The molecule has 2 heterocycles. The molecule has 0 aliphatic carbocycles. The minimum atomic E-state index is -0.939. The number of aryl methyl sites for hydroxylation is 2. The Morgan fingerprint density at radius 1 is 0.884 bits per heavy atom. The van der Waals surface area contributed by atoms with Crippen LogP contribution in [0.2, 0.25) is 0 Å². The number of rotatable bonds is 8. The summed E-state index contributed by atoms with van der Waals surface area (Å²) in [5.74, 6) is -0.778. The quantitative estimate of drug-likeness (QED) is 0.114. The number of hydrogen-bond acceptors (Lipinski definition) is 7. The van der Waals surface area contributed by atoms with Crippen molar-refractivity contribution in [3.8, 4) is 11.5 Å². The second-order valence-corrected chi connectivity index (χ2v) is 11.4. The Balaban J connectivity index is 1.49. The van der Waals surface area contributed by atoms with E-state index in [1.165, 1.54) is 16.2 Å². The van der Waals surface area contributed by atoms with Gasteiger partial charge in [0.1, 0.15) is 12.4 Å². The number of fused-ring (bicyclic) bond motifs is 1. The molecule has 1 unspecified atom stereocenters. The molecule has 4 aromatic carbocycles. The number of Topliss-reactive ketones (excluding diaryl/α,β-unsaturated/α-hetero) is 1. The van der Waals surface area contributed by atoms with Crippen molar-refractivity contribution in [2.45, 2.75) is 33.4 Å². The summed E-state index contributed by atoms with van der Waals surface area (Å²) < 4.78 is 13.0. The van der Waals surface area contributed by atoms with E-state index in [1.807, 2.05) is 81.4 Å². The van der Waals surface area contributed by atoms with Crippen molar-refractivity contribution in [3.63, 3.8) is 0 Å². The minimum Gasteiger partial charge on any atom is -0.507 e. The van der Waals surface area contributed by atoms with Gasteiger partial charge in [0, 0.05) is 5.56 Å². The van der Waals surface area contributed by atoms with Gasteiger partial charge in [-0.3, -0.25) is 14.5 Å². The van der Waals surface area contributed by atoms with Crippen molar-refractivity contribution in [3.05, 3.63) is 124 Å². The van der Waals surface area contributed by atoms with Gasteiger partial charge in [0.05, 0.1) is 28.4 Å². The zero-order valence-electron chi connectivity index (χ0n) is 24.0. The Kier molecular flexibility index (Phi) is 7.69. The average molecular weight is 591 g/mol. The van der Waals surface area contributed by atoms with Crippen molar-refractivity contribution in [1.82, 2.24) is 4.98 Å². The molecule has 6 rings (SSSR count). The minimum absolute atomic E-state index is 0.00954. The highest BCUT2D eigenvalue weighted by Crippen LogP contribution is 2.46. The third kappa shape index (κ3) is 5.49. The van der Waals surface area contributed by atoms with Gasteiger partial charge >= 0.3 is 5.91 Å². The van der Waals surface area contributed by atoms with Crippen LogP contribution in [0.25, 0.3) is 16.0 Å². The second kappa shape index (κ2) is 11.7. The molecule has 1 fully saturated rings. The van der Waals surface area contributed by atoms with E-state index in [1.54, 1.807) is 30.3 Å². The molecule has 5 aromatic rings. The van der Waals surface area contributed by atoms with Crippen LogP contribution in [0.15, 0.2) is 96.6 Å². The van der Waals surface area contributed by atoms with Crippen LogP contribution in [0.4, 0.5) is 5.13 Å². The summed E-state index contributed by atoms with van der Waals surface area (Å²) in [7, 11) is 0. The summed E-state index contributed by atoms with van der Waals surface area (Å²) in [6.07, 6.45) is 0. The number of ketones is 1. The number of nitrogens with zero attached hydrogens (tertiary/aromatic N) is 2. The van der Waals surface area contributed by atoms with E-state index in [-0.39, 0.29) is 11.3 Å². The highest BCUT2D eigenvalue weighted by Gasteiger charge is 2.48. The van der Waals surface area contributed by atoms with Crippen molar-refractivity contribution >= 4 is 44.1 Å². The molecule has 1 atom stereocenters. The number of thiazole rings is 1. The number of carbonyl (C=O) groups is 2. The second-order valence-electron chi connectivity index (χ2n) is 10.4. The predicted molar refractivity (Wildman–Crippen MR) is 169 cm³/mol. The topological polar surface area (TPSA) is 89.0 Å². The van der Waals surface area contributed by atoms with E-state index >= 15 is 0 Å². The molecule has 0 spiro atoms. The van der Waals surface area contributed by atoms with Crippen molar-refractivity contribution < 1.29 is 24.2 Å². The molecule has 1 aliphatic heterocycles. The van der Waals surface area contributed by atoms with Gasteiger partial charge in [0.25, 0.3) is 5.78 Å². The van der Waals surface area contributed by atoms with E-state index in [9.17, 15) is 14.7 Å². The summed E-state index contributed by atoms with van der Waals surface area (Å²) in [4.78, 5) is 33.5. The van der Waals surface area contributed by atoms with E-state index in [0.29, 0.717) is 41.0 Å². The zero-order chi connectivity index (χ0) is 30.1. The van der Waals surface area contributed by atoms with E-state index in [4.69, 9.17) is 14.5 Å². The molecule has 1 aliphatic rings. The standard InChI is InChI=1S/C35H30N2O5S/c1-4-41-28-19-25(15-17-27(28)42-20-23-8-6-5-7-9-23)31-30(32(38)24-13-10-21(2)11-14-24)33(39)34(40)37(31)35-36-26-16-12-22(3)18-29(26)43-35/h5-19,31,38H,4,20H2,1-3H3/b32-30+. The van der Waals surface area contributed by atoms with Crippen molar-refractivity contribution in [2.75, 3.05) is 11.5 Å². The highest BCUT2D eigenvalue weighted by molar-refractivity contribution is 7.22. The van der Waals surface area contributed by atoms with Crippen LogP contribution < -0.4 is 14.4 Å². The maximum absolute atomic E-state index is 13.7. The molecule has 1 N–H and O–H groups in total. The van der Waals surface area contributed by atoms with E-state index in [2.05, 4.69) is 0 Å².